The van der Waals surface area contributed by atoms with Crippen LogP contribution >= 0.6 is 0 Å². The van der Waals surface area contributed by atoms with Gasteiger partial charge in [0, 0.05) is 49.7 Å². The number of H-pyrrole nitrogens is 1. The molecule has 1 aliphatic rings. The summed E-state index contributed by atoms with van der Waals surface area (Å²) < 4.78 is 5.19. The Morgan fingerprint density at radius 1 is 1.52 bits per heavy atom. The second kappa shape index (κ2) is 6.52. The number of aromatic amines is 1. The van der Waals surface area contributed by atoms with Crippen LogP contribution in [0.25, 0.3) is 0 Å². The van der Waals surface area contributed by atoms with Crippen molar-refractivity contribution >= 4 is 5.91 Å². The second-order valence-corrected chi connectivity index (χ2v) is 6.48. The Labute approximate surface area is 135 Å². The molecular formula is C16H23N5O2. The smallest absolute Gasteiger partial charge is 0.227 e. The highest BCUT2D eigenvalue weighted by atomic mass is 16.5. The average molecular weight is 317 g/mol. The van der Waals surface area contributed by atoms with Crippen LogP contribution in [0.15, 0.2) is 10.7 Å². The van der Waals surface area contributed by atoms with Gasteiger partial charge in [0.2, 0.25) is 11.8 Å². The van der Waals surface area contributed by atoms with Crippen molar-refractivity contribution in [3.63, 3.8) is 0 Å². The fourth-order valence-corrected chi connectivity index (χ4v) is 2.83. The number of aromatic nitrogens is 4. The lowest BCUT2D eigenvalue weighted by Crippen LogP contribution is -2.28. The molecule has 2 aromatic heterocycles. The molecule has 1 atom stereocenters. The first-order chi connectivity index (χ1) is 11.0. The molecule has 2 aromatic rings. The SMILES string of the molecule is Cc1cnc(C2CCN(C(=O)CCc3nc(C(C)C)no3)C2)[nH]1. The maximum atomic E-state index is 12.3. The van der Waals surface area contributed by atoms with Gasteiger partial charge in [0.15, 0.2) is 5.82 Å². The van der Waals surface area contributed by atoms with E-state index in [0.29, 0.717) is 30.5 Å². The zero-order valence-corrected chi connectivity index (χ0v) is 13.9. The van der Waals surface area contributed by atoms with Crippen LogP contribution in [0, 0.1) is 6.92 Å². The van der Waals surface area contributed by atoms with Gasteiger partial charge in [0.05, 0.1) is 0 Å². The number of carbonyl (C=O) groups excluding carboxylic acids is 1. The molecule has 0 bridgehead atoms. The number of amides is 1. The molecule has 0 saturated carbocycles. The van der Waals surface area contributed by atoms with Crippen LogP contribution in [-0.2, 0) is 11.2 Å². The predicted octanol–water partition coefficient (Wildman–Crippen LogP) is 2.17. The maximum absolute atomic E-state index is 12.3. The highest BCUT2D eigenvalue weighted by Gasteiger charge is 2.29. The number of hydrogen-bond acceptors (Lipinski definition) is 5. The van der Waals surface area contributed by atoms with E-state index in [1.807, 2.05) is 31.9 Å². The predicted molar refractivity (Wildman–Crippen MR) is 84.0 cm³/mol. The van der Waals surface area contributed by atoms with Gasteiger partial charge in [0.1, 0.15) is 5.82 Å². The Balaban J connectivity index is 1.51. The van der Waals surface area contributed by atoms with Crippen LogP contribution in [0.1, 0.15) is 61.8 Å². The average Bonchev–Trinajstić information content (AvgIpc) is 3.24. The normalized spacial score (nSPS) is 18.1. The summed E-state index contributed by atoms with van der Waals surface area (Å²) in [6.07, 6.45) is 3.70. The molecule has 1 N–H and O–H groups in total. The maximum Gasteiger partial charge on any atom is 0.227 e. The largest absolute Gasteiger partial charge is 0.346 e. The summed E-state index contributed by atoms with van der Waals surface area (Å²) in [6.45, 7) is 7.53. The van der Waals surface area contributed by atoms with Gasteiger partial charge in [-0.1, -0.05) is 19.0 Å². The Morgan fingerprint density at radius 3 is 3.00 bits per heavy atom. The van der Waals surface area contributed by atoms with Gasteiger partial charge in [-0.25, -0.2) is 4.98 Å². The zero-order chi connectivity index (χ0) is 16.4. The first-order valence-corrected chi connectivity index (χ1v) is 8.14. The minimum absolute atomic E-state index is 0.139. The summed E-state index contributed by atoms with van der Waals surface area (Å²) in [4.78, 5) is 26.2. The summed E-state index contributed by atoms with van der Waals surface area (Å²) >= 11 is 0. The minimum Gasteiger partial charge on any atom is -0.346 e. The molecule has 124 valence electrons. The molecule has 1 amide bonds. The number of rotatable bonds is 5. The van der Waals surface area contributed by atoms with Gasteiger partial charge in [-0.3, -0.25) is 4.79 Å². The molecule has 3 heterocycles. The Bertz CT molecular complexity index is 676. The molecule has 0 aromatic carbocycles. The number of imidazole rings is 1. The van der Waals surface area contributed by atoms with Crippen molar-refractivity contribution in [1.82, 2.24) is 25.0 Å². The third-order valence-electron chi connectivity index (χ3n) is 4.20. The third kappa shape index (κ3) is 3.60. The number of aryl methyl sites for hydroxylation is 2. The van der Waals surface area contributed by atoms with Crippen LogP contribution in [0.2, 0.25) is 0 Å². The summed E-state index contributed by atoms with van der Waals surface area (Å²) in [5.74, 6) is 2.90. The molecule has 7 heteroatoms. The fourth-order valence-electron chi connectivity index (χ4n) is 2.83. The molecule has 1 aliphatic heterocycles. The van der Waals surface area contributed by atoms with Crippen molar-refractivity contribution in [3.8, 4) is 0 Å². The highest BCUT2D eigenvalue weighted by molar-refractivity contribution is 5.76. The molecule has 23 heavy (non-hydrogen) atoms. The van der Waals surface area contributed by atoms with E-state index in [1.54, 1.807) is 0 Å². The second-order valence-electron chi connectivity index (χ2n) is 6.48. The molecule has 1 fully saturated rings. The van der Waals surface area contributed by atoms with Crippen molar-refractivity contribution in [2.24, 2.45) is 0 Å². The van der Waals surface area contributed by atoms with Crippen molar-refractivity contribution in [2.45, 2.75) is 51.9 Å². The number of nitrogens with one attached hydrogen (secondary N) is 1. The Morgan fingerprint density at radius 2 is 2.35 bits per heavy atom. The third-order valence-corrected chi connectivity index (χ3v) is 4.20. The number of carbonyl (C=O) groups is 1. The number of nitrogens with zero attached hydrogens (tertiary/aromatic N) is 4. The molecule has 0 spiro atoms. The molecule has 3 rings (SSSR count). The number of hydrogen-bond donors (Lipinski definition) is 1. The van der Waals surface area contributed by atoms with E-state index in [1.165, 1.54) is 0 Å². The zero-order valence-electron chi connectivity index (χ0n) is 13.9. The van der Waals surface area contributed by atoms with Crippen molar-refractivity contribution in [1.29, 1.82) is 0 Å². The van der Waals surface area contributed by atoms with Crippen LogP contribution < -0.4 is 0 Å². The van der Waals surface area contributed by atoms with Crippen molar-refractivity contribution < 1.29 is 9.32 Å². The highest BCUT2D eigenvalue weighted by Crippen LogP contribution is 2.25. The Kier molecular flexibility index (Phi) is 4.45. The summed E-state index contributed by atoms with van der Waals surface area (Å²) in [7, 11) is 0. The van der Waals surface area contributed by atoms with E-state index in [9.17, 15) is 4.79 Å². The minimum atomic E-state index is 0.139. The van der Waals surface area contributed by atoms with Crippen molar-refractivity contribution in [3.05, 3.63) is 29.4 Å². The molecular weight excluding hydrogens is 294 g/mol. The summed E-state index contributed by atoms with van der Waals surface area (Å²) in [5.41, 5.74) is 1.06. The molecule has 0 aliphatic carbocycles. The summed E-state index contributed by atoms with van der Waals surface area (Å²) in [6, 6.07) is 0. The lowest BCUT2D eigenvalue weighted by atomic mass is 10.1. The lowest BCUT2D eigenvalue weighted by molar-refractivity contribution is -0.130. The van der Waals surface area contributed by atoms with Gasteiger partial charge < -0.3 is 14.4 Å². The Hall–Kier alpha value is -2.18. The van der Waals surface area contributed by atoms with E-state index < -0.39 is 0 Å². The van der Waals surface area contributed by atoms with Crippen LogP contribution in [0.4, 0.5) is 0 Å². The van der Waals surface area contributed by atoms with E-state index in [2.05, 4.69) is 20.1 Å². The van der Waals surface area contributed by atoms with E-state index in [-0.39, 0.29) is 11.8 Å². The van der Waals surface area contributed by atoms with E-state index in [4.69, 9.17) is 4.52 Å². The molecule has 1 saturated heterocycles. The van der Waals surface area contributed by atoms with Gasteiger partial charge in [-0.05, 0) is 13.3 Å². The number of likely N-dealkylation sites (tertiary alicyclic amines) is 1. The first-order valence-electron chi connectivity index (χ1n) is 8.14. The topological polar surface area (TPSA) is 87.9 Å². The van der Waals surface area contributed by atoms with Gasteiger partial charge in [-0.2, -0.15) is 4.98 Å². The molecule has 0 radical (unpaired) electrons. The standard InChI is InChI=1S/C16H23N5O2/c1-10(2)15-19-13(23-20-15)4-5-14(22)21-7-6-12(9-21)16-17-8-11(3)18-16/h8,10,12H,4-7,9H2,1-3H3,(H,17,18). The van der Waals surface area contributed by atoms with Crippen LogP contribution in [0.3, 0.4) is 0 Å². The molecule has 7 nitrogen and oxygen atoms in total. The quantitative estimate of drug-likeness (QED) is 0.913. The summed E-state index contributed by atoms with van der Waals surface area (Å²) in [5, 5.41) is 3.92. The van der Waals surface area contributed by atoms with Gasteiger partial charge >= 0.3 is 0 Å². The van der Waals surface area contributed by atoms with E-state index in [0.717, 1.165) is 31.0 Å². The molecule has 1 unspecified atom stereocenters. The van der Waals surface area contributed by atoms with Crippen LogP contribution in [-0.4, -0.2) is 44.0 Å². The van der Waals surface area contributed by atoms with Gasteiger partial charge in [-0.15, -0.1) is 0 Å². The fraction of sp³-hybridized carbons (Fsp3) is 0.625. The first kappa shape index (κ1) is 15.7. The van der Waals surface area contributed by atoms with Gasteiger partial charge in [0.25, 0.3) is 0 Å². The monoisotopic (exact) mass is 317 g/mol. The lowest BCUT2D eigenvalue weighted by Gasteiger charge is -2.15. The van der Waals surface area contributed by atoms with Crippen LogP contribution in [0.5, 0.6) is 0 Å². The van der Waals surface area contributed by atoms with E-state index >= 15 is 0 Å². The van der Waals surface area contributed by atoms with Crippen molar-refractivity contribution in [2.75, 3.05) is 13.1 Å².